The van der Waals surface area contributed by atoms with E-state index in [4.69, 9.17) is 20.0 Å². The molecule has 0 atom stereocenters. The third kappa shape index (κ3) is 2.67. The lowest BCUT2D eigenvalue weighted by Crippen LogP contribution is -2.36. The number of nitrogens with zero attached hydrogens (tertiary/aromatic N) is 5. The first-order valence-corrected chi connectivity index (χ1v) is 9.06. The Labute approximate surface area is 160 Å². The van der Waals surface area contributed by atoms with Crippen LogP contribution in [0.5, 0.6) is 0 Å². The largest absolute Gasteiger partial charge is 0.380 e. The minimum absolute atomic E-state index is 0.359. The zero-order valence-electron chi connectivity index (χ0n) is 15.3. The van der Waals surface area contributed by atoms with Crippen molar-refractivity contribution in [3.63, 3.8) is 0 Å². The summed E-state index contributed by atoms with van der Waals surface area (Å²) in [6, 6.07) is 5.86. The Morgan fingerprint density at radius 3 is 2.75 bits per heavy atom. The van der Waals surface area contributed by atoms with E-state index < -0.39 is 0 Å². The second-order valence-corrected chi connectivity index (χ2v) is 6.65. The molecule has 9 heteroatoms. The quantitative estimate of drug-likeness (QED) is 0.559. The topological polar surface area (TPSA) is 119 Å². The third-order valence-corrected chi connectivity index (χ3v) is 4.96. The third-order valence-electron chi connectivity index (χ3n) is 4.96. The second kappa shape index (κ2) is 6.61. The Bertz CT molecular complexity index is 1110. The first-order valence-electron chi connectivity index (χ1n) is 9.06. The first-order chi connectivity index (χ1) is 13.7. The van der Waals surface area contributed by atoms with Crippen molar-refractivity contribution in [2.75, 3.05) is 36.9 Å². The molecular weight excluding hydrogens is 358 g/mol. The summed E-state index contributed by atoms with van der Waals surface area (Å²) in [5.41, 5.74) is 10.1. The van der Waals surface area contributed by atoms with Crippen molar-refractivity contribution in [1.82, 2.24) is 25.3 Å². The molecule has 0 saturated carbocycles. The number of nitrogen functional groups attached to an aromatic ring is 1. The van der Waals surface area contributed by atoms with E-state index in [1.807, 2.05) is 25.1 Å². The Hall–Kier alpha value is -3.46. The van der Waals surface area contributed by atoms with Crippen LogP contribution in [0.25, 0.3) is 33.4 Å². The fourth-order valence-electron chi connectivity index (χ4n) is 3.60. The summed E-state index contributed by atoms with van der Waals surface area (Å²) in [5, 5.41) is 11.9. The summed E-state index contributed by atoms with van der Waals surface area (Å²) >= 11 is 0. The van der Waals surface area contributed by atoms with E-state index in [2.05, 4.69) is 25.2 Å². The van der Waals surface area contributed by atoms with Crippen molar-refractivity contribution in [3.8, 4) is 22.5 Å². The van der Waals surface area contributed by atoms with Crippen molar-refractivity contribution < 1.29 is 9.26 Å². The van der Waals surface area contributed by atoms with Gasteiger partial charge in [0.15, 0.2) is 5.82 Å². The van der Waals surface area contributed by atoms with Crippen LogP contribution in [0.2, 0.25) is 0 Å². The van der Waals surface area contributed by atoms with Crippen molar-refractivity contribution in [2.45, 2.75) is 6.92 Å². The number of anilines is 2. The van der Waals surface area contributed by atoms with Gasteiger partial charge in [-0.15, -0.1) is 0 Å². The number of morpholine rings is 1. The van der Waals surface area contributed by atoms with Crippen molar-refractivity contribution in [2.24, 2.45) is 0 Å². The highest BCUT2D eigenvalue weighted by Crippen LogP contribution is 2.38. The summed E-state index contributed by atoms with van der Waals surface area (Å²) in [5.74, 6) is 1.87. The van der Waals surface area contributed by atoms with Crippen LogP contribution in [0, 0.1) is 6.92 Å². The molecule has 1 fully saturated rings. The molecule has 0 unspecified atom stereocenters. The smallest absolute Gasteiger partial charge is 0.175 e. The Morgan fingerprint density at radius 2 is 2.04 bits per heavy atom. The second-order valence-electron chi connectivity index (χ2n) is 6.65. The zero-order chi connectivity index (χ0) is 19.1. The molecule has 142 valence electrons. The number of aromatic amines is 1. The van der Waals surface area contributed by atoms with Crippen molar-refractivity contribution in [3.05, 3.63) is 36.4 Å². The van der Waals surface area contributed by atoms with Crippen molar-refractivity contribution >= 4 is 22.5 Å². The van der Waals surface area contributed by atoms with Crippen molar-refractivity contribution in [1.29, 1.82) is 0 Å². The van der Waals surface area contributed by atoms with Crippen LogP contribution in [-0.2, 0) is 4.74 Å². The van der Waals surface area contributed by atoms with E-state index in [1.165, 1.54) is 0 Å². The number of aryl methyl sites for hydroxylation is 1. The number of H-pyrrole nitrogens is 1. The van der Waals surface area contributed by atoms with Crippen LogP contribution in [0.1, 0.15) is 5.76 Å². The number of aromatic nitrogens is 5. The zero-order valence-corrected chi connectivity index (χ0v) is 15.3. The number of hydrogen-bond acceptors (Lipinski definition) is 8. The molecule has 1 aliphatic heterocycles. The van der Waals surface area contributed by atoms with Gasteiger partial charge < -0.3 is 19.9 Å². The van der Waals surface area contributed by atoms with Crippen LogP contribution in [0.4, 0.5) is 11.6 Å². The highest BCUT2D eigenvalue weighted by atomic mass is 16.5. The predicted molar refractivity (Wildman–Crippen MR) is 105 cm³/mol. The van der Waals surface area contributed by atoms with Crippen LogP contribution >= 0.6 is 0 Å². The van der Waals surface area contributed by atoms with Gasteiger partial charge in [-0.3, -0.25) is 10.1 Å². The van der Waals surface area contributed by atoms with Gasteiger partial charge in [0, 0.05) is 36.4 Å². The number of nitrogens with one attached hydrogen (secondary N) is 1. The molecule has 0 radical (unpaired) electrons. The van der Waals surface area contributed by atoms with Crippen LogP contribution in [-0.4, -0.2) is 51.6 Å². The van der Waals surface area contributed by atoms with Gasteiger partial charge in [-0.2, -0.15) is 5.10 Å². The monoisotopic (exact) mass is 377 g/mol. The van der Waals surface area contributed by atoms with Gasteiger partial charge in [-0.05, 0) is 25.1 Å². The van der Waals surface area contributed by atoms with Crippen LogP contribution in [0.3, 0.4) is 0 Å². The maximum atomic E-state index is 6.13. The number of hydrogen-bond donors (Lipinski definition) is 2. The normalized spacial score (nSPS) is 14.7. The predicted octanol–water partition coefficient (Wildman–Crippen LogP) is 2.40. The number of pyridine rings is 2. The molecule has 0 bridgehead atoms. The van der Waals surface area contributed by atoms with E-state index in [0.29, 0.717) is 24.8 Å². The molecule has 4 aromatic heterocycles. The maximum Gasteiger partial charge on any atom is 0.175 e. The summed E-state index contributed by atoms with van der Waals surface area (Å²) in [6.45, 7) is 4.75. The highest BCUT2D eigenvalue weighted by Gasteiger charge is 2.22. The fraction of sp³-hybridized carbons (Fsp3) is 0.263. The molecule has 5 rings (SSSR count). The molecule has 0 amide bonds. The van der Waals surface area contributed by atoms with Gasteiger partial charge in [0.05, 0.1) is 24.5 Å². The summed E-state index contributed by atoms with van der Waals surface area (Å²) < 4.78 is 10.8. The standard InChI is InChI=1S/C19H19N7O2/c1-11-16(19(20)25-28-11)13-10-15(26-6-8-27-9-7-26)23-17-12(13)2-4-21-18(17)14-3-5-22-24-14/h2-5,10H,6-9H2,1H3,(H2,20,25)(H,22,24). The molecule has 9 nitrogen and oxygen atoms in total. The number of rotatable bonds is 3. The van der Waals surface area contributed by atoms with Gasteiger partial charge >= 0.3 is 0 Å². The lowest BCUT2D eigenvalue weighted by atomic mass is 10.00. The van der Waals surface area contributed by atoms with E-state index >= 15 is 0 Å². The molecule has 0 spiro atoms. The molecule has 3 N–H and O–H groups in total. The minimum Gasteiger partial charge on any atom is -0.380 e. The SMILES string of the molecule is Cc1onc(N)c1-c1cc(N2CCOCC2)nc2c(-c3ccn[nH]3)nccc12. The molecule has 4 aromatic rings. The van der Waals surface area contributed by atoms with Gasteiger partial charge in [-0.25, -0.2) is 4.98 Å². The molecule has 1 aliphatic rings. The number of fused-ring (bicyclic) bond motifs is 1. The average molecular weight is 377 g/mol. The maximum absolute atomic E-state index is 6.13. The van der Waals surface area contributed by atoms with E-state index in [9.17, 15) is 0 Å². The number of nitrogens with two attached hydrogens (primary N) is 1. The molecule has 0 aromatic carbocycles. The first kappa shape index (κ1) is 16.7. The Balaban J connectivity index is 1.81. The minimum atomic E-state index is 0.359. The molecule has 0 aliphatic carbocycles. The van der Waals surface area contributed by atoms with Crippen LogP contribution in [0.15, 0.2) is 35.1 Å². The average Bonchev–Trinajstić information content (AvgIpc) is 3.37. The molecule has 28 heavy (non-hydrogen) atoms. The summed E-state index contributed by atoms with van der Waals surface area (Å²) in [4.78, 5) is 11.7. The van der Waals surface area contributed by atoms with E-state index in [0.717, 1.165) is 52.3 Å². The lowest BCUT2D eigenvalue weighted by Gasteiger charge is -2.28. The number of ether oxygens (including phenoxy) is 1. The molecule has 5 heterocycles. The van der Waals surface area contributed by atoms with Gasteiger partial charge in [0.25, 0.3) is 0 Å². The van der Waals surface area contributed by atoms with Gasteiger partial charge in [0.1, 0.15) is 22.8 Å². The van der Waals surface area contributed by atoms with E-state index in [-0.39, 0.29) is 0 Å². The summed E-state index contributed by atoms with van der Waals surface area (Å²) in [6.07, 6.45) is 3.46. The van der Waals surface area contributed by atoms with Gasteiger partial charge in [0.2, 0.25) is 0 Å². The fourth-order valence-corrected chi connectivity index (χ4v) is 3.60. The van der Waals surface area contributed by atoms with Gasteiger partial charge in [-0.1, -0.05) is 5.16 Å². The highest BCUT2D eigenvalue weighted by molar-refractivity contribution is 6.03. The molecular formula is C19H19N7O2. The molecule has 1 saturated heterocycles. The summed E-state index contributed by atoms with van der Waals surface area (Å²) in [7, 11) is 0. The lowest BCUT2D eigenvalue weighted by molar-refractivity contribution is 0.122. The van der Waals surface area contributed by atoms with Crippen LogP contribution < -0.4 is 10.6 Å². The Kier molecular flexibility index (Phi) is 3.94. The van der Waals surface area contributed by atoms with E-state index in [1.54, 1.807) is 12.4 Å². The Morgan fingerprint density at radius 1 is 1.18 bits per heavy atom.